The van der Waals surface area contributed by atoms with Gasteiger partial charge in [-0.2, -0.15) is 0 Å². The van der Waals surface area contributed by atoms with Gasteiger partial charge in [0.2, 0.25) is 0 Å². The van der Waals surface area contributed by atoms with E-state index in [-0.39, 0.29) is 22.1 Å². The molecule has 1 aliphatic heterocycles. The van der Waals surface area contributed by atoms with Crippen LogP contribution in [-0.4, -0.2) is 44.4 Å². The zero-order valence-corrected chi connectivity index (χ0v) is 15.3. The summed E-state index contributed by atoms with van der Waals surface area (Å²) in [6.45, 7) is 1.31. The Morgan fingerprint density at radius 1 is 1.15 bits per heavy atom. The number of carbonyl (C=O) groups is 1. The molecule has 0 bridgehead atoms. The lowest BCUT2D eigenvalue weighted by molar-refractivity contribution is 0.0720. The van der Waals surface area contributed by atoms with Crippen LogP contribution in [0.1, 0.15) is 29.6 Å². The van der Waals surface area contributed by atoms with Gasteiger partial charge in [-0.05, 0) is 31.4 Å². The fourth-order valence-corrected chi connectivity index (χ4v) is 4.18. The van der Waals surface area contributed by atoms with Crippen molar-refractivity contribution < 1.29 is 17.9 Å². The number of rotatable bonds is 5. The van der Waals surface area contributed by atoms with Crippen LogP contribution in [0.5, 0.6) is 5.75 Å². The highest BCUT2D eigenvalue weighted by Crippen LogP contribution is 2.23. The molecule has 1 aromatic heterocycles. The van der Waals surface area contributed by atoms with Crippen LogP contribution < -0.4 is 9.46 Å². The lowest BCUT2D eigenvalue weighted by Gasteiger charge is -2.27. The molecule has 138 valence electrons. The maximum atomic E-state index is 12.9. The van der Waals surface area contributed by atoms with Gasteiger partial charge in [-0.25, -0.2) is 8.42 Å². The molecule has 1 amide bonds. The van der Waals surface area contributed by atoms with Crippen LogP contribution >= 0.6 is 0 Å². The largest absolute Gasteiger partial charge is 0.495 e. The molecule has 2 aromatic rings. The molecule has 7 nitrogen and oxygen atoms in total. The summed E-state index contributed by atoms with van der Waals surface area (Å²) in [7, 11) is -2.47. The number of hydrogen-bond acceptors (Lipinski definition) is 5. The molecule has 1 N–H and O–H groups in total. The Morgan fingerprint density at radius 2 is 1.88 bits per heavy atom. The van der Waals surface area contributed by atoms with Gasteiger partial charge in [0.05, 0.1) is 30.8 Å². The molecule has 1 aromatic carbocycles. The lowest BCUT2D eigenvalue weighted by atomic mass is 10.1. The number of likely N-dealkylation sites (tertiary alicyclic amines) is 1. The number of nitrogens with one attached hydrogen (secondary N) is 1. The fourth-order valence-electron chi connectivity index (χ4n) is 2.94. The summed E-state index contributed by atoms with van der Waals surface area (Å²) in [4.78, 5) is 18.4. The molecule has 8 heteroatoms. The number of aromatic nitrogens is 1. The third-order valence-corrected chi connectivity index (χ3v) is 5.69. The maximum Gasteiger partial charge on any atom is 0.262 e. The number of methoxy groups -OCH3 is 1. The van der Waals surface area contributed by atoms with Gasteiger partial charge in [0.15, 0.2) is 0 Å². The van der Waals surface area contributed by atoms with Gasteiger partial charge < -0.3 is 9.64 Å². The second-order valence-corrected chi connectivity index (χ2v) is 7.72. The molecule has 0 saturated carbocycles. The number of nitrogens with zero attached hydrogens (tertiary/aromatic N) is 2. The lowest BCUT2D eigenvalue weighted by Crippen LogP contribution is -2.36. The Bertz CT molecular complexity index is 893. The summed E-state index contributed by atoms with van der Waals surface area (Å²) in [5, 5.41) is 0. The molecule has 0 aliphatic carbocycles. The highest BCUT2D eigenvalue weighted by atomic mass is 32.2. The van der Waals surface area contributed by atoms with Gasteiger partial charge in [-0.3, -0.25) is 14.5 Å². The number of anilines is 1. The minimum atomic E-state index is -3.95. The molecule has 1 fully saturated rings. The van der Waals surface area contributed by atoms with Crippen molar-refractivity contribution in [1.29, 1.82) is 0 Å². The van der Waals surface area contributed by atoms with Crippen molar-refractivity contribution in [2.45, 2.75) is 24.2 Å². The monoisotopic (exact) mass is 375 g/mol. The van der Waals surface area contributed by atoms with Gasteiger partial charge in [-0.15, -0.1) is 0 Å². The normalized spacial score (nSPS) is 14.7. The minimum absolute atomic E-state index is 0.0432. The van der Waals surface area contributed by atoms with Crippen molar-refractivity contribution in [1.82, 2.24) is 9.88 Å². The van der Waals surface area contributed by atoms with E-state index in [2.05, 4.69) is 9.71 Å². The highest BCUT2D eigenvalue weighted by Gasteiger charge is 2.26. The van der Waals surface area contributed by atoms with Gasteiger partial charge in [-0.1, -0.05) is 12.1 Å². The Kier molecular flexibility index (Phi) is 5.41. The number of piperidine rings is 1. The average Bonchev–Trinajstić information content (AvgIpc) is 2.68. The smallest absolute Gasteiger partial charge is 0.262 e. The fraction of sp³-hybridized carbons (Fsp3) is 0.333. The van der Waals surface area contributed by atoms with Crippen LogP contribution in [0.3, 0.4) is 0 Å². The molecule has 3 rings (SSSR count). The number of sulfonamides is 1. The molecular weight excluding hydrogens is 354 g/mol. The van der Waals surface area contributed by atoms with Crippen molar-refractivity contribution in [2.24, 2.45) is 0 Å². The Morgan fingerprint density at radius 3 is 2.62 bits per heavy atom. The number of pyridine rings is 1. The molecule has 26 heavy (non-hydrogen) atoms. The van der Waals surface area contributed by atoms with Crippen molar-refractivity contribution in [2.75, 3.05) is 24.9 Å². The summed E-state index contributed by atoms with van der Waals surface area (Å²) in [5.41, 5.74) is 0.447. The predicted molar refractivity (Wildman–Crippen MR) is 97.8 cm³/mol. The van der Waals surface area contributed by atoms with E-state index in [1.165, 1.54) is 31.6 Å². The van der Waals surface area contributed by atoms with E-state index < -0.39 is 10.0 Å². The molecule has 1 aliphatic rings. The SMILES string of the molecule is COc1cncc(NS(=O)(=O)c2ccccc2C(=O)N2CCCCC2)c1. The topological polar surface area (TPSA) is 88.6 Å². The number of amides is 1. The quantitative estimate of drug-likeness (QED) is 0.867. The van der Waals surface area contributed by atoms with Gasteiger partial charge in [0, 0.05) is 19.2 Å². The van der Waals surface area contributed by atoms with E-state index in [1.54, 1.807) is 23.1 Å². The van der Waals surface area contributed by atoms with E-state index in [4.69, 9.17) is 4.74 Å². The van der Waals surface area contributed by atoms with E-state index in [0.29, 0.717) is 18.8 Å². The number of carbonyl (C=O) groups excluding carboxylic acids is 1. The molecule has 2 heterocycles. The molecule has 1 saturated heterocycles. The van der Waals surface area contributed by atoms with Crippen molar-refractivity contribution in [3.05, 3.63) is 48.3 Å². The van der Waals surface area contributed by atoms with Gasteiger partial charge in [0.1, 0.15) is 10.6 Å². The van der Waals surface area contributed by atoms with E-state index in [9.17, 15) is 13.2 Å². The Balaban J connectivity index is 1.91. The van der Waals surface area contributed by atoms with E-state index in [1.807, 2.05) is 0 Å². The number of benzene rings is 1. The van der Waals surface area contributed by atoms with Crippen molar-refractivity contribution in [3.63, 3.8) is 0 Å². The summed E-state index contributed by atoms with van der Waals surface area (Å²) < 4.78 is 33.2. The van der Waals surface area contributed by atoms with Crippen LogP contribution in [0.2, 0.25) is 0 Å². The number of hydrogen-bond donors (Lipinski definition) is 1. The summed E-state index contributed by atoms with van der Waals surface area (Å²) >= 11 is 0. The third kappa shape index (κ3) is 3.96. The second kappa shape index (κ2) is 7.74. The van der Waals surface area contributed by atoms with Crippen LogP contribution in [0.15, 0.2) is 47.6 Å². The van der Waals surface area contributed by atoms with E-state index >= 15 is 0 Å². The zero-order valence-electron chi connectivity index (χ0n) is 14.5. The van der Waals surface area contributed by atoms with Crippen molar-refractivity contribution in [3.8, 4) is 5.75 Å². The number of ether oxygens (including phenoxy) is 1. The van der Waals surface area contributed by atoms with Crippen LogP contribution in [0.4, 0.5) is 5.69 Å². The summed E-state index contributed by atoms with van der Waals surface area (Å²) in [6.07, 6.45) is 5.83. The minimum Gasteiger partial charge on any atom is -0.495 e. The Labute approximate surface area is 153 Å². The molecule has 0 spiro atoms. The standard InChI is InChI=1S/C18H21N3O4S/c1-25-15-11-14(12-19-13-15)20-26(23,24)17-8-4-3-7-16(17)18(22)21-9-5-2-6-10-21/h3-4,7-8,11-13,20H,2,5-6,9-10H2,1H3. The van der Waals surface area contributed by atoms with Crippen LogP contribution in [-0.2, 0) is 10.0 Å². The van der Waals surface area contributed by atoms with Crippen LogP contribution in [0.25, 0.3) is 0 Å². The van der Waals surface area contributed by atoms with Gasteiger partial charge in [0.25, 0.3) is 15.9 Å². The molecule has 0 atom stereocenters. The first-order valence-electron chi connectivity index (χ1n) is 8.41. The first kappa shape index (κ1) is 18.2. The zero-order chi connectivity index (χ0) is 18.6. The summed E-state index contributed by atoms with van der Waals surface area (Å²) in [5.74, 6) is 0.178. The van der Waals surface area contributed by atoms with E-state index in [0.717, 1.165) is 19.3 Å². The molecule has 0 radical (unpaired) electrons. The van der Waals surface area contributed by atoms with Crippen LogP contribution in [0, 0.1) is 0 Å². The first-order chi connectivity index (χ1) is 12.5. The third-order valence-electron chi connectivity index (χ3n) is 4.25. The Hall–Kier alpha value is -2.61. The summed E-state index contributed by atoms with van der Waals surface area (Å²) in [6, 6.07) is 7.79. The molecular formula is C18H21N3O4S. The first-order valence-corrected chi connectivity index (χ1v) is 9.90. The second-order valence-electron chi connectivity index (χ2n) is 6.07. The average molecular weight is 375 g/mol. The molecule has 0 unspecified atom stereocenters. The van der Waals surface area contributed by atoms with Crippen molar-refractivity contribution >= 4 is 21.6 Å². The maximum absolute atomic E-state index is 12.9. The highest BCUT2D eigenvalue weighted by molar-refractivity contribution is 7.92. The predicted octanol–water partition coefficient (Wildman–Crippen LogP) is 2.52. The van der Waals surface area contributed by atoms with Gasteiger partial charge >= 0.3 is 0 Å².